The van der Waals surface area contributed by atoms with Crippen molar-refractivity contribution in [2.45, 2.75) is 13.8 Å². The van der Waals surface area contributed by atoms with Gasteiger partial charge in [-0.15, -0.1) is 0 Å². The summed E-state index contributed by atoms with van der Waals surface area (Å²) < 4.78 is 0. The predicted molar refractivity (Wildman–Crippen MR) is 91.4 cm³/mol. The molecule has 1 heterocycles. The summed E-state index contributed by atoms with van der Waals surface area (Å²) in [6.07, 6.45) is 0. The predicted octanol–water partition coefficient (Wildman–Crippen LogP) is 3.44. The normalized spacial score (nSPS) is 10.8. The van der Waals surface area contributed by atoms with E-state index in [1.807, 2.05) is 48.5 Å². The third kappa shape index (κ3) is 2.60. The summed E-state index contributed by atoms with van der Waals surface area (Å²) in [5.41, 5.74) is 3.86. The van der Waals surface area contributed by atoms with Crippen molar-refractivity contribution < 1.29 is 0 Å². The fourth-order valence-electron chi connectivity index (χ4n) is 2.64. The van der Waals surface area contributed by atoms with E-state index in [2.05, 4.69) is 28.7 Å². The molecule has 0 bridgehead atoms. The van der Waals surface area contributed by atoms with E-state index in [4.69, 9.17) is 0 Å². The van der Waals surface area contributed by atoms with Crippen LogP contribution < -0.4 is 10.5 Å². The zero-order chi connectivity index (χ0) is 15.5. The Kier molecular flexibility index (Phi) is 3.92. The number of fused-ring (bicyclic) bond motifs is 1. The van der Waals surface area contributed by atoms with Gasteiger partial charge in [0.2, 0.25) is 0 Å². The standard InChI is InChI=1S/C18H19N3O/c1-3-21(4-2)14-11-9-13(10-12-14)17-18(22)20-16-8-6-5-7-15(16)19-17/h5-12H,3-4H2,1-2H3,(H,20,22). The number of H-pyrrole nitrogens is 1. The minimum absolute atomic E-state index is 0.158. The van der Waals surface area contributed by atoms with Gasteiger partial charge in [-0.2, -0.15) is 0 Å². The maximum Gasteiger partial charge on any atom is 0.274 e. The zero-order valence-electron chi connectivity index (χ0n) is 12.8. The molecule has 4 nitrogen and oxygen atoms in total. The highest BCUT2D eigenvalue weighted by Crippen LogP contribution is 2.20. The number of hydrogen-bond acceptors (Lipinski definition) is 3. The van der Waals surface area contributed by atoms with Crippen LogP contribution in [0.2, 0.25) is 0 Å². The Hall–Kier alpha value is -2.62. The van der Waals surface area contributed by atoms with E-state index in [9.17, 15) is 4.79 Å². The van der Waals surface area contributed by atoms with Crippen molar-refractivity contribution >= 4 is 16.7 Å². The number of aromatic amines is 1. The molecule has 1 N–H and O–H groups in total. The lowest BCUT2D eigenvalue weighted by Gasteiger charge is -2.21. The Morgan fingerprint density at radius 2 is 1.68 bits per heavy atom. The van der Waals surface area contributed by atoms with Gasteiger partial charge in [0.1, 0.15) is 5.69 Å². The molecule has 22 heavy (non-hydrogen) atoms. The van der Waals surface area contributed by atoms with Gasteiger partial charge in [-0.1, -0.05) is 24.3 Å². The number of benzene rings is 2. The number of aromatic nitrogens is 2. The maximum atomic E-state index is 12.2. The molecule has 0 fully saturated rings. The van der Waals surface area contributed by atoms with Crippen LogP contribution in [0.25, 0.3) is 22.3 Å². The second kappa shape index (κ2) is 6.02. The molecule has 0 aliphatic rings. The van der Waals surface area contributed by atoms with Gasteiger partial charge >= 0.3 is 0 Å². The SMILES string of the molecule is CCN(CC)c1ccc(-c2nc3ccccc3[nH]c2=O)cc1. The highest BCUT2D eigenvalue weighted by Gasteiger charge is 2.08. The van der Waals surface area contributed by atoms with Crippen LogP contribution >= 0.6 is 0 Å². The van der Waals surface area contributed by atoms with Crippen LogP contribution in [0.1, 0.15) is 13.8 Å². The molecule has 1 aromatic heterocycles. The molecule has 0 aliphatic heterocycles. The molecule has 3 rings (SSSR count). The van der Waals surface area contributed by atoms with E-state index in [-0.39, 0.29) is 5.56 Å². The summed E-state index contributed by atoms with van der Waals surface area (Å²) in [5.74, 6) is 0. The van der Waals surface area contributed by atoms with Gasteiger partial charge in [0.15, 0.2) is 0 Å². The highest BCUT2D eigenvalue weighted by molar-refractivity contribution is 5.77. The molecule has 2 aromatic carbocycles. The van der Waals surface area contributed by atoms with Gasteiger partial charge in [0, 0.05) is 24.3 Å². The molecular formula is C18H19N3O. The zero-order valence-corrected chi connectivity index (χ0v) is 12.8. The quantitative estimate of drug-likeness (QED) is 0.801. The Bertz CT molecular complexity index is 833. The molecular weight excluding hydrogens is 274 g/mol. The van der Waals surface area contributed by atoms with Crippen molar-refractivity contribution in [1.29, 1.82) is 0 Å². The number of para-hydroxylation sites is 2. The van der Waals surface area contributed by atoms with Gasteiger partial charge in [-0.05, 0) is 38.1 Å². The molecule has 0 unspecified atom stereocenters. The van der Waals surface area contributed by atoms with Crippen LogP contribution in [-0.2, 0) is 0 Å². The first-order valence-electron chi connectivity index (χ1n) is 7.57. The first-order chi connectivity index (χ1) is 10.7. The third-order valence-electron chi connectivity index (χ3n) is 3.87. The largest absolute Gasteiger partial charge is 0.372 e. The van der Waals surface area contributed by atoms with E-state index < -0.39 is 0 Å². The second-order valence-corrected chi connectivity index (χ2v) is 5.15. The van der Waals surface area contributed by atoms with E-state index >= 15 is 0 Å². The van der Waals surface area contributed by atoms with Gasteiger partial charge in [-0.3, -0.25) is 4.79 Å². The number of nitrogens with one attached hydrogen (secondary N) is 1. The first-order valence-corrected chi connectivity index (χ1v) is 7.57. The molecule has 0 saturated heterocycles. The molecule has 4 heteroatoms. The van der Waals surface area contributed by atoms with E-state index in [1.54, 1.807) is 0 Å². The van der Waals surface area contributed by atoms with Crippen LogP contribution in [0.4, 0.5) is 5.69 Å². The molecule has 3 aromatic rings. The van der Waals surface area contributed by atoms with Crippen molar-refractivity contribution in [2.75, 3.05) is 18.0 Å². The molecule has 0 aliphatic carbocycles. The maximum absolute atomic E-state index is 12.2. The van der Waals surface area contributed by atoms with Crippen molar-refractivity contribution in [3.63, 3.8) is 0 Å². The Labute approximate surface area is 129 Å². The monoisotopic (exact) mass is 293 g/mol. The summed E-state index contributed by atoms with van der Waals surface area (Å²) in [6, 6.07) is 15.6. The van der Waals surface area contributed by atoms with Crippen LogP contribution in [0, 0.1) is 0 Å². The van der Waals surface area contributed by atoms with E-state index in [1.165, 1.54) is 0 Å². The lowest BCUT2D eigenvalue weighted by Crippen LogP contribution is -2.21. The summed E-state index contributed by atoms with van der Waals surface area (Å²) in [6.45, 7) is 6.19. The number of anilines is 1. The fraction of sp³-hybridized carbons (Fsp3) is 0.222. The van der Waals surface area contributed by atoms with Crippen molar-refractivity contribution in [1.82, 2.24) is 9.97 Å². The molecule has 112 valence electrons. The van der Waals surface area contributed by atoms with Gasteiger partial charge in [-0.25, -0.2) is 4.98 Å². The Balaban J connectivity index is 2.04. The molecule has 0 spiro atoms. The van der Waals surface area contributed by atoms with E-state index in [0.29, 0.717) is 5.69 Å². The molecule has 0 amide bonds. The van der Waals surface area contributed by atoms with E-state index in [0.717, 1.165) is 35.4 Å². The second-order valence-electron chi connectivity index (χ2n) is 5.15. The smallest absolute Gasteiger partial charge is 0.274 e. The topological polar surface area (TPSA) is 49.0 Å². The molecule has 0 radical (unpaired) electrons. The van der Waals surface area contributed by atoms with Gasteiger partial charge in [0.05, 0.1) is 11.0 Å². The minimum Gasteiger partial charge on any atom is -0.372 e. The number of rotatable bonds is 4. The average Bonchev–Trinajstić information content (AvgIpc) is 2.56. The molecule has 0 atom stereocenters. The number of hydrogen-bond donors (Lipinski definition) is 1. The minimum atomic E-state index is -0.158. The van der Waals surface area contributed by atoms with Crippen molar-refractivity contribution in [2.24, 2.45) is 0 Å². The molecule has 0 saturated carbocycles. The summed E-state index contributed by atoms with van der Waals surface area (Å²) in [5, 5.41) is 0. The lowest BCUT2D eigenvalue weighted by atomic mass is 10.1. The first kappa shape index (κ1) is 14.3. The highest BCUT2D eigenvalue weighted by atomic mass is 16.1. The Morgan fingerprint density at radius 3 is 2.36 bits per heavy atom. The van der Waals surface area contributed by atoms with Crippen LogP contribution in [0.15, 0.2) is 53.3 Å². The number of nitrogens with zero attached hydrogens (tertiary/aromatic N) is 2. The third-order valence-corrected chi connectivity index (χ3v) is 3.87. The average molecular weight is 293 g/mol. The summed E-state index contributed by atoms with van der Waals surface area (Å²) >= 11 is 0. The van der Waals surface area contributed by atoms with Crippen molar-refractivity contribution in [3.8, 4) is 11.3 Å². The van der Waals surface area contributed by atoms with Crippen LogP contribution in [0.3, 0.4) is 0 Å². The van der Waals surface area contributed by atoms with Crippen LogP contribution in [-0.4, -0.2) is 23.1 Å². The fourth-order valence-corrected chi connectivity index (χ4v) is 2.64. The summed E-state index contributed by atoms with van der Waals surface area (Å²) in [4.78, 5) is 21.9. The summed E-state index contributed by atoms with van der Waals surface area (Å²) in [7, 11) is 0. The van der Waals surface area contributed by atoms with Gasteiger partial charge in [0.25, 0.3) is 5.56 Å². The lowest BCUT2D eigenvalue weighted by molar-refractivity contribution is 0.866. The Morgan fingerprint density at radius 1 is 1.00 bits per heavy atom. The van der Waals surface area contributed by atoms with Crippen LogP contribution in [0.5, 0.6) is 0 Å². The van der Waals surface area contributed by atoms with Gasteiger partial charge < -0.3 is 9.88 Å². The van der Waals surface area contributed by atoms with Crippen molar-refractivity contribution in [3.05, 3.63) is 58.9 Å².